The van der Waals surface area contributed by atoms with E-state index in [4.69, 9.17) is 9.47 Å². The van der Waals surface area contributed by atoms with Crippen LogP contribution in [0.5, 0.6) is 5.75 Å². The molecule has 19 heavy (non-hydrogen) atoms. The third-order valence-electron chi connectivity index (χ3n) is 2.15. The van der Waals surface area contributed by atoms with E-state index in [0.29, 0.717) is 6.54 Å². The highest BCUT2D eigenvalue weighted by molar-refractivity contribution is 5.85. The molecule has 1 N–H and O–H groups in total. The Morgan fingerprint density at radius 2 is 2.00 bits per heavy atom. The van der Waals surface area contributed by atoms with E-state index in [1.54, 1.807) is 7.11 Å². The van der Waals surface area contributed by atoms with Crippen LogP contribution in [0.4, 0.5) is 0 Å². The van der Waals surface area contributed by atoms with Crippen LogP contribution in [0.2, 0.25) is 0 Å². The Bertz CT molecular complexity index is 402. The summed E-state index contributed by atoms with van der Waals surface area (Å²) in [7, 11) is 1.63. The number of carbonyl (C=O) groups is 1. The largest absolute Gasteiger partial charge is 0.497 e. The summed E-state index contributed by atoms with van der Waals surface area (Å²) in [5.74, 6) is 0.567. The minimum Gasteiger partial charge on any atom is -0.497 e. The van der Waals surface area contributed by atoms with Gasteiger partial charge in [0.05, 0.1) is 13.7 Å². The Morgan fingerprint density at radius 3 is 2.58 bits per heavy atom. The molecule has 4 nitrogen and oxygen atoms in total. The minimum atomic E-state index is -0.436. The number of esters is 1. The van der Waals surface area contributed by atoms with Crippen LogP contribution in [0.25, 0.3) is 0 Å². The summed E-state index contributed by atoms with van der Waals surface area (Å²) in [6, 6.07) is 7.72. The van der Waals surface area contributed by atoms with E-state index in [2.05, 4.69) is 5.32 Å². The lowest BCUT2D eigenvalue weighted by molar-refractivity contribution is -0.153. The molecule has 0 amide bonds. The van der Waals surface area contributed by atoms with Gasteiger partial charge in [-0.05, 0) is 38.5 Å². The first-order chi connectivity index (χ1) is 8.40. The number of methoxy groups -OCH3 is 1. The van der Waals surface area contributed by atoms with Gasteiger partial charge in [-0.3, -0.25) is 4.79 Å². The van der Waals surface area contributed by atoms with E-state index in [1.165, 1.54) is 0 Å². The monoisotopic (exact) mass is 287 g/mol. The highest BCUT2D eigenvalue weighted by atomic mass is 35.5. The summed E-state index contributed by atoms with van der Waals surface area (Å²) in [6.45, 7) is 6.37. The number of nitrogens with one attached hydrogen (secondary N) is 1. The maximum absolute atomic E-state index is 11.5. The number of ether oxygens (including phenoxy) is 2. The molecule has 1 rings (SSSR count). The summed E-state index contributed by atoms with van der Waals surface area (Å²) in [6.07, 6.45) is 0. The van der Waals surface area contributed by atoms with Gasteiger partial charge in [0.1, 0.15) is 11.4 Å². The standard InChI is InChI=1S/C14H21NO3.ClH/c1-14(2,3)18-13(16)10-15-9-11-6-5-7-12(8-11)17-4;/h5-8,15H,9-10H2,1-4H3;1H. The smallest absolute Gasteiger partial charge is 0.320 e. The fourth-order valence-corrected chi connectivity index (χ4v) is 1.47. The van der Waals surface area contributed by atoms with Crippen LogP contribution in [-0.4, -0.2) is 25.2 Å². The lowest BCUT2D eigenvalue weighted by atomic mass is 10.2. The number of rotatable bonds is 5. The van der Waals surface area contributed by atoms with Gasteiger partial charge in [-0.2, -0.15) is 0 Å². The Kier molecular flexibility index (Phi) is 7.49. The summed E-state index contributed by atoms with van der Waals surface area (Å²) < 4.78 is 10.3. The van der Waals surface area contributed by atoms with Crippen molar-refractivity contribution in [3.63, 3.8) is 0 Å². The second kappa shape index (κ2) is 8.02. The maximum Gasteiger partial charge on any atom is 0.320 e. The van der Waals surface area contributed by atoms with Crippen LogP contribution in [0.1, 0.15) is 26.3 Å². The van der Waals surface area contributed by atoms with Gasteiger partial charge in [0, 0.05) is 6.54 Å². The number of hydrogen-bond acceptors (Lipinski definition) is 4. The Labute approximate surface area is 120 Å². The van der Waals surface area contributed by atoms with Crippen molar-refractivity contribution < 1.29 is 14.3 Å². The zero-order valence-electron chi connectivity index (χ0n) is 11.9. The fourth-order valence-electron chi connectivity index (χ4n) is 1.47. The van der Waals surface area contributed by atoms with Crippen LogP contribution in [0, 0.1) is 0 Å². The molecule has 0 aliphatic rings. The highest BCUT2D eigenvalue weighted by Crippen LogP contribution is 2.12. The van der Waals surface area contributed by atoms with Crippen LogP contribution in [-0.2, 0) is 16.1 Å². The average molecular weight is 288 g/mol. The zero-order valence-corrected chi connectivity index (χ0v) is 12.7. The van der Waals surface area contributed by atoms with Gasteiger partial charge < -0.3 is 14.8 Å². The molecule has 0 aliphatic carbocycles. The molecule has 0 radical (unpaired) electrons. The van der Waals surface area contributed by atoms with Crippen LogP contribution >= 0.6 is 12.4 Å². The molecular weight excluding hydrogens is 266 g/mol. The third-order valence-corrected chi connectivity index (χ3v) is 2.15. The van der Waals surface area contributed by atoms with Crippen LogP contribution in [0.3, 0.4) is 0 Å². The first kappa shape index (κ1) is 17.7. The summed E-state index contributed by atoms with van der Waals surface area (Å²) >= 11 is 0. The Morgan fingerprint density at radius 1 is 1.32 bits per heavy atom. The molecule has 0 atom stereocenters. The molecular formula is C14H22ClNO3. The van der Waals surface area contributed by atoms with E-state index in [0.717, 1.165) is 11.3 Å². The molecule has 0 unspecified atom stereocenters. The number of carbonyl (C=O) groups excluding carboxylic acids is 1. The van der Waals surface area contributed by atoms with Crippen molar-refractivity contribution in [2.24, 2.45) is 0 Å². The van der Waals surface area contributed by atoms with Crippen molar-refractivity contribution in [1.29, 1.82) is 0 Å². The fraction of sp³-hybridized carbons (Fsp3) is 0.500. The van der Waals surface area contributed by atoms with Gasteiger partial charge in [-0.25, -0.2) is 0 Å². The minimum absolute atomic E-state index is 0. The molecule has 0 saturated heterocycles. The average Bonchev–Trinajstić information content (AvgIpc) is 2.27. The maximum atomic E-state index is 11.5. The molecule has 0 aliphatic heterocycles. The SMILES string of the molecule is COc1cccc(CNCC(=O)OC(C)(C)C)c1.Cl. The first-order valence-electron chi connectivity index (χ1n) is 5.96. The molecule has 0 heterocycles. The van der Waals surface area contributed by atoms with Gasteiger partial charge in [0.25, 0.3) is 0 Å². The van der Waals surface area contributed by atoms with E-state index in [9.17, 15) is 4.79 Å². The highest BCUT2D eigenvalue weighted by Gasteiger charge is 2.15. The lowest BCUT2D eigenvalue weighted by Crippen LogP contribution is -2.31. The predicted molar refractivity (Wildman–Crippen MR) is 77.8 cm³/mol. The normalized spacial score (nSPS) is 10.5. The lowest BCUT2D eigenvalue weighted by Gasteiger charge is -2.19. The van der Waals surface area contributed by atoms with Crippen molar-refractivity contribution >= 4 is 18.4 Å². The third kappa shape index (κ3) is 7.70. The predicted octanol–water partition coefficient (Wildman–Crippen LogP) is 2.55. The summed E-state index contributed by atoms with van der Waals surface area (Å²) in [4.78, 5) is 11.5. The molecule has 1 aromatic rings. The van der Waals surface area contributed by atoms with E-state index >= 15 is 0 Å². The van der Waals surface area contributed by atoms with Crippen molar-refractivity contribution in [2.75, 3.05) is 13.7 Å². The van der Waals surface area contributed by atoms with E-state index in [1.807, 2.05) is 45.0 Å². The van der Waals surface area contributed by atoms with Gasteiger partial charge in [-0.15, -0.1) is 12.4 Å². The molecule has 0 spiro atoms. The first-order valence-corrected chi connectivity index (χ1v) is 5.96. The van der Waals surface area contributed by atoms with Crippen LogP contribution in [0.15, 0.2) is 24.3 Å². The van der Waals surface area contributed by atoms with Gasteiger partial charge in [0.15, 0.2) is 0 Å². The Balaban J connectivity index is 0.00000324. The van der Waals surface area contributed by atoms with Crippen LogP contribution < -0.4 is 10.1 Å². The number of halogens is 1. The molecule has 1 aromatic carbocycles. The van der Waals surface area contributed by atoms with Crippen molar-refractivity contribution in [1.82, 2.24) is 5.32 Å². The molecule has 0 fully saturated rings. The van der Waals surface area contributed by atoms with Crippen molar-refractivity contribution in [2.45, 2.75) is 32.9 Å². The summed E-state index contributed by atoms with van der Waals surface area (Å²) in [5, 5.41) is 3.05. The molecule has 0 aromatic heterocycles. The molecule has 0 saturated carbocycles. The van der Waals surface area contributed by atoms with Crippen molar-refractivity contribution in [3.05, 3.63) is 29.8 Å². The van der Waals surface area contributed by atoms with E-state index in [-0.39, 0.29) is 24.9 Å². The van der Waals surface area contributed by atoms with Gasteiger partial charge in [0.2, 0.25) is 0 Å². The van der Waals surface area contributed by atoms with E-state index < -0.39 is 5.60 Å². The second-order valence-electron chi connectivity index (χ2n) is 5.04. The molecule has 108 valence electrons. The molecule has 5 heteroatoms. The quantitative estimate of drug-likeness (QED) is 0.846. The topological polar surface area (TPSA) is 47.6 Å². The summed E-state index contributed by atoms with van der Waals surface area (Å²) in [5.41, 5.74) is 0.632. The zero-order chi connectivity index (χ0) is 13.6. The van der Waals surface area contributed by atoms with Gasteiger partial charge in [-0.1, -0.05) is 12.1 Å². The second-order valence-corrected chi connectivity index (χ2v) is 5.04. The number of benzene rings is 1. The molecule has 0 bridgehead atoms. The number of hydrogen-bond donors (Lipinski definition) is 1. The Hall–Kier alpha value is -1.26. The van der Waals surface area contributed by atoms with Gasteiger partial charge >= 0.3 is 5.97 Å². The van der Waals surface area contributed by atoms with Crippen molar-refractivity contribution in [3.8, 4) is 5.75 Å².